The number of likely N-dealkylation sites (N-methyl/N-ethyl adjacent to an activating group) is 1. The molecule has 35 heavy (non-hydrogen) atoms. The predicted octanol–water partition coefficient (Wildman–Crippen LogP) is 4.60. The van der Waals surface area contributed by atoms with Crippen molar-refractivity contribution < 1.29 is 13.5 Å². The van der Waals surface area contributed by atoms with Gasteiger partial charge in [0.05, 0.1) is 35.4 Å². The van der Waals surface area contributed by atoms with Gasteiger partial charge in [-0.05, 0) is 19.2 Å². The first-order valence-electron chi connectivity index (χ1n) is 11.3. The normalized spacial score (nSPS) is 18.2. The second-order valence-electron chi connectivity index (χ2n) is 8.73. The van der Waals surface area contributed by atoms with Gasteiger partial charge in [0, 0.05) is 57.1 Å². The summed E-state index contributed by atoms with van der Waals surface area (Å²) < 4.78 is 32.9. The highest BCUT2D eigenvalue weighted by atomic mass is 35.5. The molecule has 5 rings (SSSR count). The fourth-order valence-corrected chi connectivity index (χ4v) is 5.41. The van der Waals surface area contributed by atoms with Gasteiger partial charge in [-0.15, -0.1) is 0 Å². The summed E-state index contributed by atoms with van der Waals surface area (Å²) in [5, 5.41) is 4.11. The van der Waals surface area contributed by atoms with Crippen molar-refractivity contribution in [2.24, 2.45) is 0 Å². The summed E-state index contributed by atoms with van der Waals surface area (Å²) in [6.07, 6.45) is 2.97. The molecular formula is C23H26ClF2N7OS. The molecule has 2 aliphatic rings. The number of halogens is 3. The molecule has 0 radical (unpaired) electrons. The van der Waals surface area contributed by atoms with Crippen LogP contribution in [-0.4, -0.2) is 79.2 Å². The van der Waals surface area contributed by atoms with E-state index in [-0.39, 0.29) is 19.5 Å². The van der Waals surface area contributed by atoms with E-state index in [0.717, 1.165) is 43.3 Å². The predicted molar refractivity (Wildman–Crippen MR) is 136 cm³/mol. The van der Waals surface area contributed by atoms with Gasteiger partial charge in [-0.3, -0.25) is 0 Å². The molecule has 2 fully saturated rings. The van der Waals surface area contributed by atoms with Gasteiger partial charge in [-0.1, -0.05) is 22.9 Å². The van der Waals surface area contributed by atoms with Crippen LogP contribution in [0.2, 0.25) is 5.02 Å². The molecule has 0 spiro atoms. The highest BCUT2D eigenvalue weighted by Gasteiger charge is 2.39. The monoisotopic (exact) mass is 521 g/mol. The van der Waals surface area contributed by atoms with Crippen LogP contribution in [0.15, 0.2) is 30.6 Å². The van der Waals surface area contributed by atoms with Crippen molar-refractivity contribution in [2.75, 3.05) is 68.5 Å². The van der Waals surface area contributed by atoms with Gasteiger partial charge in [0.15, 0.2) is 5.13 Å². The summed E-state index contributed by atoms with van der Waals surface area (Å²) in [5.74, 6) is -1.55. The molecule has 0 unspecified atom stereocenters. The molecule has 0 atom stereocenters. The third-order valence-corrected chi connectivity index (χ3v) is 7.53. The largest absolute Gasteiger partial charge is 0.495 e. The molecule has 12 heteroatoms. The molecule has 4 heterocycles. The van der Waals surface area contributed by atoms with Crippen molar-refractivity contribution in [3.63, 3.8) is 0 Å². The quantitative estimate of drug-likeness (QED) is 0.504. The average Bonchev–Trinajstić information content (AvgIpc) is 3.47. The van der Waals surface area contributed by atoms with Gasteiger partial charge in [0.25, 0.3) is 5.92 Å². The number of benzene rings is 1. The van der Waals surface area contributed by atoms with Gasteiger partial charge < -0.3 is 24.8 Å². The topological polar surface area (TPSA) is 69.6 Å². The van der Waals surface area contributed by atoms with Gasteiger partial charge in [-0.2, -0.15) is 0 Å². The molecule has 0 aliphatic carbocycles. The van der Waals surface area contributed by atoms with Crippen LogP contribution in [0.3, 0.4) is 0 Å². The van der Waals surface area contributed by atoms with Gasteiger partial charge in [0.1, 0.15) is 11.4 Å². The van der Waals surface area contributed by atoms with Gasteiger partial charge >= 0.3 is 0 Å². The number of piperazine rings is 1. The Labute approximate surface area is 211 Å². The molecule has 186 valence electrons. The zero-order valence-corrected chi connectivity index (χ0v) is 21.0. The van der Waals surface area contributed by atoms with E-state index >= 15 is 0 Å². The van der Waals surface area contributed by atoms with Crippen LogP contribution in [0.5, 0.6) is 5.75 Å². The highest BCUT2D eigenvalue weighted by molar-refractivity contribution is 7.18. The number of methoxy groups -OCH3 is 1. The summed E-state index contributed by atoms with van der Waals surface area (Å²) in [7, 11) is 3.78. The fourth-order valence-electron chi connectivity index (χ4n) is 4.21. The van der Waals surface area contributed by atoms with Crippen molar-refractivity contribution in [2.45, 2.75) is 12.3 Å². The summed E-state index contributed by atoms with van der Waals surface area (Å²) in [6, 6.07) is 5.92. The van der Waals surface area contributed by atoms with Crippen molar-refractivity contribution in [3.05, 3.63) is 35.6 Å². The van der Waals surface area contributed by atoms with Crippen LogP contribution in [0.4, 0.5) is 31.2 Å². The van der Waals surface area contributed by atoms with Crippen LogP contribution in [-0.2, 0) is 0 Å². The number of rotatable bonds is 6. The van der Waals surface area contributed by atoms with Crippen LogP contribution in [0.1, 0.15) is 6.42 Å². The van der Waals surface area contributed by atoms with Crippen LogP contribution >= 0.6 is 22.9 Å². The first-order valence-corrected chi connectivity index (χ1v) is 12.5. The van der Waals surface area contributed by atoms with E-state index in [9.17, 15) is 8.78 Å². The summed E-state index contributed by atoms with van der Waals surface area (Å²) in [4.78, 5) is 20.1. The Morgan fingerprint density at radius 3 is 2.60 bits per heavy atom. The second-order valence-corrected chi connectivity index (χ2v) is 10.1. The molecule has 2 aromatic heterocycles. The maximum Gasteiger partial charge on any atom is 0.267 e. The number of nitrogens with zero attached hydrogens (tertiary/aromatic N) is 6. The lowest BCUT2D eigenvalue weighted by atomic mass is 10.2. The lowest BCUT2D eigenvalue weighted by Gasteiger charge is -2.34. The Balaban J connectivity index is 1.34. The molecular weight excluding hydrogens is 496 g/mol. The zero-order valence-electron chi connectivity index (χ0n) is 19.5. The van der Waals surface area contributed by atoms with Crippen molar-refractivity contribution in [3.8, 4) is 16.3 Å². The molecule has 1 N–H and O–H groups in total. The average molecular weight is 522 g/mol. The third kappa shape index (κ3) is 5.26. The van der Waals surface area contributed by atoms with Crippen LogP contribution in [0.25, 0.3) is 10.6 Å². The third-order valence-electron chi connectivity index (χ3n) is 6.19. The highest BCUT2D eigenvalue weighted by Crippen LogP contribution is 2.38. The first-order chi connectivity index (χ1) is 16.8. The zero-order chi connectivity index (χ0) is 24.6. The Bertz CT molecular complexity index is 1200. The lowest BCUT2D eigenvalue weighted by Crippen LogP contribution is -2.44. The number of thiazole rings is 1. The molecule has 8 nitrogen and oxygen atoms in total. The van der Waals surface area contributed by atoms with E-state index in [1.54, 1.807) is 18.2 Å². The molecule has 3 aromatic rings. The van der Waals surface area contributed by atoms with Crippen LogP contribution < -0.4 is 19.9 Å². The molecule has 0 saturated carbocycles. The van der Waals surface area contributed by atoms with Crippen molar-refractivity contribution >= 4 is 45.4 Å². The minimum atomic E-state index is -2.68. The maximum absolute atomic E-state index is 13.6. The lowest BCUT2D eigenvalue weighted by molar-refractivity contribution is 0.0257. The smallest absolute Gasteiger partial charge is 0.267 e. The minimum Gasteiger partial charge on any atom is -0.495 e. The number of anilines is 4. The van der Waals surface area contributed by atoms with E-state index < -0.39 is 5.92 Å². The molecule has 2 saturated heterocycles. The maximum atomic E-state index is 13.6. The minimum absolute atomic E-state index is 0.165. The molecule has 0 amide bonds. The van der Waals surface area contributed by atoms with E-state index in [4.69, 9.17) is 16.3 Å². The van der Waals surface area contributed by atoms with Crippen molar-refractivity contribution in [1.29, 1.82) is 0 Å². The van der Waals surface area contributed by atoms with Crippen molar-refractivity contribution in [1.82, 2.24) is 19.9 Å². The Morgan fingerprint density at radius 2 is 1.89 bits per heavy atom. The molecule has 0 bridgehead atoms. The van der Waals surface area contributed by atoms with Crippen LogP contribution in [0, 0.1) is 0 Å². The Morgan fingerprint density at radius 1 is 1.09 bits per heavy atom. The van der Waals surface area contributed by atoms with Gasteiger partial charge in [0.2, 0.25) is 5.95 Å². The number of alkyl halides is 2. The molecule has 2 aliphatic heterocycles. The van der Waals surface area contributed by atoms with E-state index in [0.29, 0.717) is 26.7 Å². The number of hydrogen-bond donors (Lipinski definition) is 1. The summed E-state index contributed by atoms with van der Waals surface area (Å²) >= 11 is 7.66. The summed E-state index contributed by atoms with van der Waals surface area (Å²) in [5.41, 5.74) is 2.32. The Kier molecular flexibility index (Phi) is 6.65. The number of ether oxygens (including phenoxy) is 1. The number of aromatic nitrogens is 3. The first kappa shape index (κ1) is 24.0. The fraction of sp³-hybridized carbons (Fsp3) is 0.435. The van der Waals surface area contributed by atoms with E-state index in [1.807, 2.05) is 18.2 Å². The Hall–Kier alpha value is -2.76. The van der Waals surface area contributed by atoms with E-state index in [2.05, 4.69) is 37.1 Å². The standard InChI is InChI=1S/C23H26ClF2N7OS/c1-31-7-9-32(10-8-31)17-4-3-15(11-18(17)34-2)29-21-27-12-16(24)20(30-21)19-13-28-22(35-19)33-6-5-23(25,26)14-33/h3-4,11-13H,5-10,14H2,1-2H3,(H,27,29,30). The summed E-state index contributed by atoms with van der Waals surface area (Å²) in [6.45, 7) is 3.84. The number of nitrogens with one attached hydrogen (secondary N) is 1. The molecule has 1 aromatic carbocycles. The second kappa shape index (κ2) is 9.71. The number of hydrogen-bond acceptors (Lipinski definition) is 9. The SMILES string of the molecule is COc1cc(Nc2ncc(Cl)c(-c3cnc(N4CCC(F)(F)C4)s3)n2)ccc1N1CCN(C)CC1. The van der Waals surface area contributed by atoms with Gasteiger partial charge in [-0.25, -0.2) is 23.7 Å². The van der Waals surface area contributed by atoms with E-state index in [1.165, 1.54) is 17.5 Å².